The van der Waals surface area contributed by atoms with Crippen molar-refractivity contribution in [3.63, 3.8) is 0 Å². The van der Waals surface area contributed by atoms with Gasteiger partial charge in [-0.05, 0) is 11.1 Å². The van der Waals surface area contributed by atoms with Gasteiger partial charge in [0.25, 0.3) is 0 Å². The van der Waals surface area contributed by atoms with Crippen LogP contribution >= 0.6 is 0 Å². The number of aliphatic hydroxyl groups excluding tert-OH is 1. The van der Waals surface area contributed by atoms with Crippen molar-refractivity contribution in [1.82, 2.24) is 5.32 Å². The van der Waals surface area contributed by atoms with Gasteiger partial charge in [0.05, 0.1) is 19.8 Å². The van der Waals surface area contributed by atoms with Crippen molar-refractivity contribution in [2.24, 2.45) is 0 Å². The summed E-state index contributed by atoms with van der Waals surface area (Å²) < 4.78 is 23.2. The van der Waals surface area contributed by atoms with Crippen molar-refractivity contribution >= 4 is 11.9 Å². The van der Waals surface area contributed by atoms with Crippen molar-refractivity contribution in [3.8, 4) is 0 Å². The minimum atomic E-state index is -1.40. The van der Waals surface area contributed by atoms with Crippen LogP contribution in [-0.4, -0.2) is 54.2 Å². The van der Waals surface area contributed by atoms with Crippen LogP contribution in [0.1, 0.15) is 25.0 Å². The number of esters is 1. The van der Waals surface area contributed by atoms with Crippen molar-refractivity contribution < 1.29 is 33.6 Å². The molecule has 1 unspecified atom stereocenters. The van der Waals surface area contributed by atoms with Gasteiger partial charge in [0.15, 0.2) is 12.4 Å². The average Bonchev–Trinajstić information content (AvgIpc) is 2.77. The predicted molar refractivity (Wildman–Crippen MR) is 115 cm³/mol. The number of amides is 1. The fraction of sp³-hybridized carbons (Fsp3) is 0.417. The second-order valence-corrected chi connectivity index (χ2v) is 7.63. The highest BCUT2D eigenvalue weighted by atomic mass is 16.7. The topological polar surface area (TPSA) is 103 Å². The number of nitrogens with one attached hydrogen (secondary N) is 1. The Kier molecular flexibility index (Phi) is 8.75. The molecule has 8 nitrogen and oxygen atoms in total. The summed E-state index contributed by atoms with van der Waals surface area (Å²) >= 11 is 0. The maximum Gasteiger partial charge on any atom is 0.303 e. The van der Waals surface area contributed by atoms with Crippen LogP contribution in [0.15, 0.2) is 60.7 Å². The van der Waals surface area contributed by atoms with Gasteiger partial charge >= 0.3 is 5.97 Å². The third kappa shape index (κ3) is 6.86. The molecular weight excluding hydrogens is 414 g/mol. The van der Waals surface area contributed by atoms with Gasteiger partial charge in [0, 0.05) is 13.8 Å². The van der Waals surface area contributed by atoms with Gasteiger partial charge in [-0.2, -0.15) is 0 Å². The highest BCUT2D eigenvalue weighted by molar-refractivity contribution is 5.73. The first-order valence-electron chi connectivity index (χ1n) is 10.5. The minimum absolute atomic E-state index is 0.0932. The lowest BCUT2D eigenvalue weighted by molar-refractivity contribution is -0.272. The fourth-order valence-electron chi connectivity index (χ4n) is 3.61. The number of carbonyl (C=O) groups excluding carboxylic acids is 2. The zero-order chi connectivity index (χ0) is 22.9. The fourth-order valence-corrected chi connectivity index (χ4v) is 3.61. The number of aliphatic hydroxyl groups is 1. The summed E-state index contributed by atoms with van der Waals surface area (Å²) in [4.78, 5) is 23.5. The number of benzene rings is 2. The van der Waals surface area contributed by atoms with Crippen molar-refractivity contribution in [2.75, 3.05) is 6.61 Å². The molecule has 3 rings (SSSR count). The van der Waals surface area contributed by atoms with Gasteiger partial charge in [0.2, 0.25) is 5.91 Å². The van der Waals surface area contributed by atoms with Crippen molar-refractivity contribution in [3.05, 3.63) is 71.8 Å². The molecule has 0 spiro atoms. The van der Waals surface area contributed by atoms with Gasteiger partial charge in [-0.25, -0.2) is 0 Å². The molecule has 32 heavy (non-hydrogen) atoms. The molecular formula is C24H29NO7. The molecule has 2 aromatic rings. The molecule has 172 valence electrons. The monoisotopic (exact) mass is 443 g/mol. The zero-order valence-electron chi connectivity index (χ0n) is 18.2. The van der Waals surface area contributed by atoms with Crippen LogP contribution < -0.4 is 5.32 Å². The van der Waals surface area contributed by atoms with E-state index in [1.165, 1.54) is 13.8 Å². The largest absolute Gasteiger partial charge is 0.457 e. The van der Waals surface area contributed by atoms with E-state index in [1.807, 2.05) is 60.7 Å². The van der Waals surface area contributed by atoms with E-state index in [0.717, 1.165) is 11.1 Å². The SMILES string of the molecule is CC(=O)N[C@H]1C(O)O[C@H](COCc2ccccc2)[C@@H](OCc2ccccc2)[C@@H]1OC(C)=O. The third-order valence-electron chi connectivity index (χ3n) is 5.02. The predicted octanol–water partition coefficient (Wildman–Crippen LogP) is 1.94. The number of ether oxygens (including phenoxy) is 4. The van der Waals surface area contributed by atoms with E-state index in [2.05, 4.69) is 5.32 Å². The summed E-state index contributed by atoms with van der Waals surface area (Å²) in [6.45, 7) is 3.24. The Morgan fingerprint density at radius 3 is 2.09 bits per heavy atom. The summed E-state index contributed by atoms with van der Waals surface area (Å²) in [6, 6.07) is 18.2. The molecule has 0 radical (unpaired) electrons. The molecule has 1 heterocycles. The summed E-state index contributed by atoms with van der Waals surface area (Å²) in [5.41, 5.74) is 1.90. The number of hydrogen-bond donors (Lipinski definition) is 2. The van der Waals surface area contributed by atoms with Gasteiger partial charge < -0.3 is 29.4 Å². The number of rotatable bonds is 9. The molecule has 1 fully saturated rings. The maximum atomic E-state index is 11.8. The molecule has 1 saturated heterocycles. The van der Waals surface area contributed by atoms with Crippen LogP contribution in [0.25, 0.3) is 0 Å². The van der Waals surface area contributed by atoms with Crippen molar-refractivity contribution in [1.29, 1.82) is 0 Å². The lowest BCUT2D eigenvalue weighted by Gasteiger charge is -2.44. The van der Waals surface area contributed by atoms with Crippen LogP contribution in [-0.2, 0) is 41.8 Å². The Hall–Kier alpha value is -2.78. The van der Waals surface area contributed by atoms with Crippen LogP contribution in [0, 0.1) is 0 Å². The second kappa shape index (κ2) is 11.7. The summed E-state index contributed by atoms with van der Waals surface area (Å²) in [5, 5.41) is 13.2. The first-order chi connectivity index (χ1) is 15.4. The van der Waals surface area contributed by atoms with E-state index in [1.54, 1.807) is 0 Å². The Morgan fingerprint density at radius 2 is 1.53 bits per heavy atom. The van der Waals surface area contributed by atoms with E-state index in [9.17, 15) is 14.7 Å². The van der Waals surface area contributed by atoms with Gasteiger partial charge in [-0.3, -0.25) is 9.59 Å². The highest BCUT2D eigenvalue weighted by Crippen LogP contribution is 2.27. The van der Waals surface area contributed by atoms with Crippen LogP contribution in [0.4, 0.5) is 0 Å². The molecule has 0 aromatic heterocycles. The molecule has 8 heteroatoms. The number of hydrogen-bond acceptors (Lipinski definition) is 7. The maximum absolute atomic E-state index is 11.8. The quantitative estimate of drug-likeness (QED) is 0.571. The number of carbonyl (C=O) groups is 2. The summed E-state index contributed by atoms with van der Waals surface area (Å²) in [6.07, 6.45) is -3.87. The van der Waals surface area contributed by atoms with Gasteiger partial charge in [0.1, 0.15) is 18.2 Å². The van der Waals surface area contributed by atoms with Gasteiger partial charge in [-0.15, -0.1) is 0 Å². The van der Waals surface area contributed by atoms with Crippen LogP contribution in [0.2, 0.25) is 0 Å². The molecule has 2 aromatic carbocycles. The lowest BCUT2D eigenvalue weighted by atomic mass is 9.96. The lowest BCUT2D eigenvalue weighted by Crippen LogP contribution is -2.65. The molecule has 5 atom stereocenters. The average molecular weight is 443 g/mol. The van der Waals surface area contributed by atoms with E-state index in [0.29, 0.717) is 6.61 Å². The third-order valence-corrected chi connectivity index (χ3v) is 5.02. The first kappa shape index (κ1) is 23.9. The van der Waals surface area contributed by atoms with E-state index < -0.39 is 42.5 Å². The zero-order valence-corrected chi connectivity index (χ0v) is 18.2. The first-order valence-corrected chi connectivity index (χ1v) is 10.5. The molecule has 2 N–H and O–H groups in total. The van der Waals surface area contributed by atoms with Crippen LogP contribution in [0.3, 0.4) is 0 Å². The molecule has 1 aliphatic heterocycles. The molecule has 0 aliphatic carbocycles. The Balaban J connectivity index is 1.77. The standard InChI is InChI=1S/C24H29NO7/c1-16(26)25-21-23(31-17(2)27)22(30-14-19-11-7-4-8-12-19)20(32-24(21)28)15-29-13-18-9-5-3-6-10-18/h3-12,20-24,28H,13-15H2,1-2H3,(H,25,26)/t20-,21-,22-,23-,24?/m1/s1. The smallest absolute Gasteiger partial charge is 0.303 e. The van der Waals surface area contributed by atoms with E-state index in [-0.39, 0.29) is 13.2 Å². The Bertz CT molecular complexity index is 861. The molecule has 0 saturated carbocycles. The van der Waals surface area contributed by atoms with E-state index in [4.69, 9.17) is 18.9 Å². The minimum Gasteiger partial charge on any atom is -0.457 e. The Morgan fingerprint density at radius 1 is 0.938 bits per heavy atom. The normalized spacial score (nSPS) is 25.2. The summed E-state index contributed by atoms with van der Waals surface area (Å²) in [5.74, 6) is -0.952. The molecule has 1 amide bonds. The Labute approximate surface area is 187 Å². The van der Waals surface area contributed by atoms with Crippen LogP contribution in [0.5, 0.6) is 0 Å². The van der Waals surface area contributed by atoms with Crippen molar-refractivity contribution in [2.45, 2.75) is 57.7 Å². The van der Waals surface area contributed by atoms with Gasteiger partial charge in [-0.1, -0.05) is 60.7 Å². The summed E-state index contributed by atoms with van der Waals surface area (Å²) in [7, 11) is 0. The molecule has 0 bridgehead atoms. The highest BCUT2D eigenvalue weighted by Gasteiger charge is 2.48. The second-order valence-electron chi connectivity index (χ2n) is 7.63. The van der Waals surface area contributed by atoms with E-state index >= 15 is 0 Å². The molecule has 1 aliphatic rings.